The predicted molar refractivity (Wildman–Crippen MR) is 83.7 cm³/mol. The lowest BCUT2D eigenvalue weighted by Gasteiger charge is -2.16. The third-order valence-corrected chi connectivity index (χ3v) is 4.16. The van der Waals surface area contributed by atoms with E-state index < -0.39 is 0 Å². The van der Waals surface area contributed by atoms with E-state index in [0.717, 1.165) is 19.5 Å². The van der Waals surface area contributed by atoms with E-state index in [4.69, 9.17) is 5.73 Å². The number of nitrogens with one attached hydrogen (secondary N) is 1. The number of likely N-dealkylation sites (tertiary alicyclic amines) is 1. The number of ketones is 1. The number of aromatic amines is 1. The average molecular weight is 297 g/mol. The minimum atomic E-state index is -0.0513. The first-order valence-corrected chi connectivity index (χ1v) is 7.46. The molecule has 1 aromatic carbocycles. The van der Waals surface area contributed by atoms with Crippen molar-refractivity contribution in [3.8, 4) is 0 Å². The molecule has 1 fully saturated rings. The minimum absolute atomic E-state index is 0.0107. The smallest absolute Gasteiger partial charge is 0.253 e. The standard InChI is InChI=1S/C17H19N3O2/c18-9-12-6-8-20(11-12)17(22)14-3-1-13(2-4-14)16(21)15-5-7-19-10-15/h1-5,7,10,12,19H,6,8-9,11,18H2/t12-/m1/s1. The van der Waals surface area contributed by atoms with Gasteiger partial charge in [-0.05, 0) is 37.1 Å². The maximum Gasteiger partial charge on any atom is 0.253 e. The zero-order chi connectivity index (χ0) is 15.5. The topological polar surface area (TPSA) is 79.2 Å². The van der Waals surface area contributed by atoms with Crippen LogP contribution in [0.25, 0.3) is 0 Å². The zero-order valence-electron chi connectivity index (χ0n) is 12.3. The summed E-state index contributed by atoms with van der Waals surface area (Å²) < 4.78 is 0. The minimum Gasteiger partial charge on any atom is -0.367 e. The Morgan fingerprint density at radius 1 is 1.14 bits per heavy atom. The van der Waals surface area contributed by atoms with E-state index in [9.17, 15) is 9.59 Å². The second-order valence-electron chi connectivity index (χ2n) is 5.65. The van der Waals surface area contributed by atoms with Crippen LogP contribution in [-0.4, -0.2) is 41.2 Å². The van der Waals surface area contributed by atoms with Gasteiger partial charge in [0.15, 0.2) is 5.78 Å². The molecule has 1 aromatic heterocycles. The molecule has 0 radical (unpaired) electrons. The van der Waals surface area contributed by atoms with Crippen LogP contribution in [0.3, 0.4) is 0 Å². The van der Waals surface area contributed by atoms with Crippen LogP contribution in [0.15, 0.2) is 42.7 Å². The van der Waals surface area contributed by atoms with Gasteiger partial charge in [0.25, 0.3) is 5.91 Å². The number of aromatic nitrogens is 1. The zero-order valence-corrected chi connectivity index (χ0v) is 12.3. The van der Waals surface area contributed by atoms with Gasteiger partial charge < -0.3 is 15.6 Å². The van der Waals surface area contributed by atoms with Crippen LogP contribution in [0.1, 0.15) is 32.7 Å². The molecule has 1 aliphatic rings. The largest absolute Gasteiger partial charge is 0.367 e. The summed E-state index contributed by atoms with van der Waals surface area (Å²) in [5, 5.41) is 0. The Balaban J connectivity index is 1.72. The van der Waals surface area contributed by atoms with Gasteiger partial charge in [0.1, 0.15) is 0 Å². The molecule has 1 saturated heterocycles. The monoisotopic (exact) mass is 297 g/mol. The van der Waals surface area contributed by atoms with Gasteiger partial charge in [-0.15, -0.1) is 0 Å². The van der Waals surface area contributed by atoms with Crippen molar-refractivity contribution in [1.82, 2.24) is 9.88 Å². The van der Waals surface area contributed by atoms with Crippen molar-refractivity contribution in [2.75, 3.05) is 19.6 Å². The molecular formula is C17H19N3O2. The van der Waals surface area contributed by atoms with E-state index >= 15 is 0 Å². The Morgan fingerprint density at radius 3 is 2.45 bits per heavy atom. The molecule has 22 heavy (non-hydrogen) atoms. The summed E-state index contributed by atoms with van der Waals surface area (Å²) in [5.74, 6) is 0.361. The summed E-state index contributed by atoms with van der Waals surface area (Å²) in [4.78, 5) is 29.3. The second-order valence-corrected chi connectivity index (χ2v) is 5.65. The van der Waals surface area contributed by atoms with E-state index in [1.807, 2.05) is 4.90 Å². The number of carbonyl (C=O) groups is 2. The van der Waals surface area contributed by atoms with Crippen LogP contribution in [-0.2, 0) is 0 Å². The maximum atomic E-state index is 12.4. The summed E-state index contributed by atoms with van der Waals surface area (Å²) >= 11 is 0. The van der Waals surface area contributed by atoms with E-state index in [2.05, 4.69) is 4.98 Å². The fourth-order valence-corrected chi connectivity index (χ4v) is 2.79. The third-order valence-electron chi connectivity index (χ3n) is 4.16. The maximum absolute atomic E-state index is 12.4. The summed E-state index contributed by atoms with van der Waals surface area (Å²) in [7, 11) is 0. The number of nitrogens with zero attached hydrogens (tertiary/aromatic N) is 1. The summed E-state index contributed by atoms with van der Waals surface area (Å²) in [6.07, 6.45) is 4.34. The van der Waals surface area contributed by atoms with Gasteiger partial charge >= 0.3 is 0 Å². The van der Waals surface area contributed by atoms with E-state index in [1.54, 1.807) is 42.7 Å². The van der Waals surface area contributed by atoms with Crippen LogP contribution < -0.4 is 5.73 Å². The Bertz CT molecular complexity index is 662. The van der Waals surface area contributed by atoms with Crippen molar-refractivity contribution in [2.24, 2.45) is 11.7 Å². The molecule has 3 rings (SSSR count). The summed E-state index contributed by atoms with van der Waals surface area (Å²) in [6, 6.07) is 8.59. The van der Waals surface area contributed by atoms with E-state index in [-0.39, 0.29) is 11.7 Å². The van der Waals surface area contributed by atoms with Gasteiger partial charge in [-0.2, -0.15) is 0 Å². The highest BCUT2D eigenvalue weighted by Crippen LogP contribution is 2.18. The van der Waals surface area contributed by atoms with Gasteiger partial charge in [-0.25, -0.2) is 0 Å². The summed E-state index contributed by atoms with van der Waals surface area (Å²) in [5.41, 5.74) is 7.47. The van der Waals surface area contributed by atoms with Crippen molar-refractivity contribution in [3.63, 3.8) is 0 Å². The van der Waals surface area contributed by atoms with Gasteiger partial charge in [-0.3, -0.25) is 9.59 Å². The number of amides is 1. The first-order chi connectivity index (χ1) is 10.7. The van der Waals surface area contributed by atoms with Crippen LogP contribution in [0, 0.1) is 5.92 Å². The molecule has 0 saturated carbocycles. The van der Waals surface area contributed by atoms with Crippen LogP contribution in [0.2, 0.25) is 0 Å². The second kappa shape index (κ2) is 6.15. The number of carbonyl (C=O) groups excluding carboxylic acids is 2. The van der Waals surface area contributed by atoms with Crippen molar-refractivity contribution >= 4 is 11.7 Å². The first-order valence-electron chi connectivity index (χ1n) is 7.46. The molecular weight excluding hydrogens is 278 g/mol. The molecule has 3 N–H and O–H groups in total. The lowest BCUT2D eigenvalue weighted by molar-refractivity contribution is 0.0787. The molecule has 114 valence electrons. The van der Waals surface area contributed by atoms with E-state index in [0.29, 0.717) is 29.2 Å². The van der Waals surface area contributed by atoms with Crippen molar-refractivity contribution < 1.29 is 9.59 Å². The molecule has 0 spiro atoms. The van der Waals surface area contributed by atoms with E-state index in [1.165, 1.54) is 0 Å². The highest BCUT2D eigenvalue weighted by atomic mass is 16.2. The van der Waals surface area contributed by atoms with Gasteiger partial charge in [-0.1, -0.05) is 12.1 Å². The molecule has 5 heteroatoms. The quantitative estimate of drug-likeness (QED) is 0.842. The number of benzene rings is 1. The highest BCUT2D eigenvalue weighted by Gasteiger charge is 2.26. The Hall–Kier alpha value is -2.40. The Kier molecular flexibility index (Phi) is 4.06. The number of hydrogen-bond donors (Lipinski definition) is 2. The molecule has 0 bridgehead atoms. The van der Waals surface area contributed by atoms with Crippen molar-refractivity contribution in [1.29, 1.82) is 0 Å². The number of H-pyrrole nitrogens is 1. The SMILES string of the molecule is NC[C@H]1CCN(C(=O)c2ccc(C(=O)c3cc[nH]c3)cc2)C1. The third kappa shape index (κ3) is 2.80. The first kappa shape index (κ1) is 14.5. The normalized spacial score (nSPS) is 17.7. The van der Waals surface area contributed by atoms with Crippen LogP contribution in [0.4, 0.5) is 0 Å². The number of rotatable bonds is 4. The van der Waals surface area contributed by atoms with Crippen LogP contribution in [0.5, 0.6) is 0 Å². The Morgan fingerprint density at radius 2 is 1.86 bits per heavy atom. The molecule has 2 aromatic rings. The van der Waals surface area contributed by atoms with Crippen molar-refractivity contribution in [3.05, 3.63) is 59.4 Å². The van der Waals surface area contributed by atoms with Gasteiger partial charge in [0, 0.05) is 42.2 Å². The molecule has 2 heterocycles. The fraction of sp³-hybridized carbons (Fsp3) is 0.294. The van der Waals surface area contributed by atoms with Gasteiger partial charge in [0.05, 0.1) is 0 Å². The van der Waals surface area contributed by atoms with Crippen molar-refractivity contribution in [2.45, 2.75) is 6.42 Å². The van der Waals surface area contributed by atoms with Gasteiger partial charge in [0.2, 0.25) is 0 Å². The molecule has 5 nitrogen and oxygen atoms in total. The molecule has 0 unspecified atom stereocenters. The number of hydrogen-bond acceptors (Lipinski definition) is 3. The lowest BCUT2D eigenvalue weighted by atomic mass is 10.0. The fourth-order valence-electron chi connectivity index (χ4n) is 2.79. The lowest BCUT2D eigenvalue weighted by Crippen LogP contribution is -2.29. The van der Waals surface area contributed by atoms with Crippen LogP contribution >= 0.6 is 0 Å². The molecule has 1 amide bonds. The predicted octanol–water partition coefficient (Wildman–Crippen LogP) is 1.67. The molecule has 1 aliphatic heterocycles. The Labute approximate surface area is 129 Å². The number of nitrogens with two attached hydrogens (primary N) is 1. The molecule has 1 atom stereocenters. The molecule has 0 aliphatic carbocycles. The average Bonchev–Trinajstić information content (AvgIpc) is 3.25. The highest BCUT2D eigenvalue weighted by molar-refractivity contribution is 6.09. The summed E-state index contributed by atoms with van der Waals surface area (Å²) in [6.45, 7) is 2.10.